The van der Waals surface area contributed by atoms with Crippen molar-refractivity contribution in [3.8, 4) is 5.75 Å². The summed E-state index contributed by atoms with van der Waals surface area (Å²) in [6.45, 7) is 4.63. The largest absolute Gasteiger partial charge is 0.486 e. The van der Waals surface area contributed by atoms with Gasteiger partial charge in [-0.1, -0.05) is 17.8 Å². The van der Waals surface area contributed by atoms with Crippen molar-refractivity contribution in [3.05, 3.63) is 59.3 Å². The number of carbonyl (C=O) groups excluding carboxylic acids is 1. The van der Waals surface area contributed by atoms with E-state index in [1.165, 1.54) is 16.4 Å². The van der Waals surface area contributed by atoms with Crippen LogP contribution in [0.5, 0.6) is 5.75 Å². The molecule has 2 aromatic heterocycles. The smallest absolute Gasteiger partial charge is 0.233 e. The third-order valence-electron chi connectivity index (χ3n) is 4.02. The number of hydrogen-bond donors (Lipinski definition) is 1. The molecule has 0 unspecified atom stereocenters. The van der Waals surface area contributed by atoms with Crippen LogP contribution < -0.4 is 10.6 Å². The van der Waals surface area contributed by atoms with E-state index in [2.05, 4.69) is 16.3 Å². The van der Waals surface area contributed by atoms with Gasteiger partial charge in [0.2, 0.25) is 11.1 Å². The van der Waals surface area contributed by atoms with Gasteiger partial charge in [-0.3, -0.25) is 4.79 Å². The molecule has 0 bridgehead atoms. The number of aromatic nitrogens is 3. The number of furan rings is 1. The van der Waals surface area contributed by atoms with Crippen LogP contribution in [0.25, 0.3) is 0 Å². The summed E-state index contributed by atoms with van der Waals surface area (Å²) >= 11 is 1.23. The van der Waals surface area contributed by atoms with Gasteiger partial charge < -0.3 is 19.9 Å². The molecule has 8 nitrogen and oxygen atoms in total. The highest BCUT2D eigenvalue weighted by Crippen LogP contribution is 2.19. The Hall–Kier alpha value is -2.94. The minimum atomic E-state index is -0.0579. The number of carbonyl (C=O) groups is 1. The second-order valence-corrected chi connectivity index (χ2v) is 7.44. The van der Waals surface area contributed by atoms with E-state index in [9.17, 15) is 4.79 Å². The fraction of sp³-hybridized carbons (Fsp3) is 0.316. The molecule has 0 fully saturated rings. The van der Waals surface area contributed by atoms with E-state index in [0.717, 1.165) is 22.6 Å². The van der Waals surface area contributed by atoms with E-state index >= 15 is 0 Å². The Morgan fingerprint density at radius 1 is 1.29 bits per heavy atom. The normalized spacial score (nSPS) is 10.8. The number of aryl methyl sites for hydroxylation is 2. The third-order valence-corrected chi connectivity index (χ3v) is 4.95. The maximum absolute atomic E-state index is 12.3. The SMILES string of the molecule is Cc1cc(C)cc(OCc2nnc(SCC(=O)N(C)Cc3ccco3)n2N)c1. The summed E-state index contributed by atoms with van der Waals surface area (Å²) in [5.74, 6) is 8.16. The number of thioether (sulfide) groups is 1. The van der Waals surface area contributed by atoms with Gasteiger partial charge in [-0.15, -0.1) is 10.2 Å². The number of hydrogen-bond acceptors (Lipinski definition) is 7. The van der Waals surface area contributed by atoms with Crippen molar-refractivity contribution < 1.29 is 13.9 Å². The van der Waals surface area contributed by atoms with Crippen molar-refractivity contribution in [2.75, 3.05) is 18.6 Å². The molecule has 1 aromatic carbocycles. The predicted molar refractivity (Wildman–Crippen MR) is 106 cm³/mol. The lowest BCUT2D eigenvalue weighted by Gasteiger charge is -2.15. The van der Waals surface area contributed by atoms with E-state index in [0.29, 0.717) is 17.5 Å². The summed E-state index contributed by atoms with van der Waals surface area (Å²) in [6.07, 6.45) is 1.58. The van der Waals surface area contributed by atoms with Gasteiger partial charge in [-0.05, 0) is 49.2 Å². The number of benzene rings is 1. The standard InChI is InChI=1S/C19H23N5O3S/c1-13-7-14(2)9-16(8-13)27-11-17-21-22-19(24(17)20)28-12-18(25)23(3)10-15-5-4-6-26-15/h4-9H,10-12,20H2,1-3H3. The quantitative estimate of drug-likeness (QED) is 0.457. The van der Waals surface area contributed by atoms with Crippen LogP contribution in [0.3, 0.4) is 0 Å². The lowest BCUT2D eigenvalue weighted by molar-refractivity contribution is -0.127. The average molecular weight is 401 g/mol. The molecule has 0 atom stereocenters. The predicted octanol–water partition coefficient (Wildman–Crippen LogP) is 2.53. The number of nitrogens with two attached hydrogens (primary N) is 1. The molecular weight excluding hydrogens is 378 g/mol. The maximum atomic E-state index is 12.3. The first kappa shape index (κ1) is 19.8. The Morgan fingerprint density at radius 2 is 2.04 bits per heavy atom. The van der Waals surface area contributed by atoms with E-state index in [4.69, 9.17) is 15.0 Å². The fourth-order valence-electron chi connectivity index (χ4n) is 2.63. The van der Waals surface area contributed by atoms with Crippen LogP contribution in [0.1, 0.15) is 22.7 Å². The van der Waals surface area contributed by atoms with Crippen molar-refractivity contribution in [2.45, 2.75) is 32.2 Å². The molecule has 0 aliphatic heterocycles. The van der Waals surface area contributed by atoms with Crippen LogP contribution in [0, 0.1) is 13.8 Å². The summed E-state index contributed by atoms with van der Waals surface area (Å²) < 4.78 is 12.4. The maximum Gasteiger partial charge on any atom is 0.233 e. The first-order chi connectivity index (χ1) is 13.4. The van der Waals surface area contributed by atoms with Crippen molar-refractivity contribution in [1.82, 2.24) is 19.8 Å². The molecule has 0 aliphatic rings. The molecule has 2 heterocycles. The van der Waals surface area contributed by atoms with Gasteiger partial charge in [0, 0.05) is 7.05 Å². The van der Waals surface area contributed by atoms with Crippen LogP contribution in [0.15, 0.2) is 46.2 Å². The second-order valence-electron chi connectivity index (χ2n) is 6.50. The van der Waals surface area contributed by atoms with Gasteiger partial charge in [-0.2, -0.15) is 0 Å². The summed E-state index contributed by atoms with van der Waals surface area (Å²) in [7, 11) is 1.72. The third kappa shape index (κ3) is 5.07. The van der Waals surface area contributed by atoms with Gasteiger partial charge in [0.15, 0.2) is 5.82 Å². The minimum Gasteiger partial charge on any atom is -0.486 e. The summed E-state index contributed by atoms with van der Waals surface area (Å²) in [5, 5.41) is 8.57. The molecular formula is C19H23N5O3S. The molecule has 9 heteroatoms. The van der Waals surface area contributed by atoms with Crippen LogP contribution in [0.4, 0.5) is 0 Å². The number of amides is 1. The van der Waals surface area contributed by atoms with Crippen molar-refractivity contribution in [2.24, 2.45) is 0 Å². The zero-order valence-electron chi connectivity index (χ0n) is 16.1. The monoisotopic (exact) mass is 401 g/mol. The number of nitrogen functional groups attached to an aromatic ring is 1. The van der Waals surface area contributed by atoms with E-state index in [1.807, 2.05) is 32.0 Å². The molecule has 3 aromatic rings. The average Bonchev–Trinajstić information content (AvgIpc) is 3.27. The van der Waals surface area contributed by atoms with Crippen LogP contribution in [0.2, 0.25) is 0 Å². The molecule has 3 rings (SSSR count). The topological polar surface area (TPSA) is 99.4 Å². The molecule has 28 heavy (non-hydrogen) atoms. The van der Waals surface area contributed by atoms with Gasteiger partial charge >= 0.3 is 0 Å². The molecule has 0 saturated carbocycles. The molecule has 0 radical (unpaired) electrons. The van der Waals surface area contributed by atoms with E-state index in [-0.39, 0.29) is 18.3 Å². The van der Waals surface area contributed by atoms with Crippen LogP contribution in [-0.2, 0) is 17.9 Å². The van der Waals surface area contributed by atoms with Crippen molar-refractivity contribution in [1.29, 1.82) is 0 Å². The van der Waals surface area contributed by atoms with Gasteiger partial charge in [0.1, 0.15) is 18.1 Å². The second kappa shape index (κ2) is 8.83. The molecule has 1 amide bonds. The highest BCUT2D eigenvalue weighted by molar-refractivity contribution is 7.99. The Labute approximate surface area is 167 Å². The molecule has 148 valence electrons. The molecule has 2 N–H and O–H groups in total. The van der Waals surface area contributed by atoms with Crippen molar-refractivity contribution >= 4 is 17.7 Å². The number of nitrogens with zero attached hydrogens (tertiary/aromatic N) is 4. The lowest BCUT2D eigenvalue weighted by atomic mass is 10.1. The van der Waals surface area contributed by atoms with Gasteiger partial charge in [0.25, 0.3) is 0 Å². The van der Waals surface area contributed by atoms with E-state index in [1.54, 1.807) is 24.3 Å². The Kier molecular flexibility index (Phi) is 6.25. The van der Waals surface area contributed by atoms with Gasteiger partial charge in [0.05, 0.1) is 18.6 Å². The Bertz CT molecular complexity index is 919. The number of rotatable bonds is 8. The fourth-order valence-corrected chi connectivity index (χ4v) is 3.45. The summed E-state index contributed by atoms with van der Waals surface area (Å²) in [4.78, 5) is 13.9. The zero-order valence-corrected chi connectivity index (χ0v) is 16.9. The minimum absolute atomic E-state index is 0.0579. The van der Waals surface area contributed by atoms with Crippen LogP contribution in [-0.4, -0.2) is 38.5 Å². The molecule has 0 saturated heterocycles. The highest BCUT2D eigenvalue weighted by atomic mass is 32.2. The van der Waals surface area contributed by atoms with E-state index < -0.39 is 0 Å². The Balaban J connectivity index is 1.53. The van der Waals surface area contributed by atoms with Crippen molar-refractivity contribution in [3.63, 3.8) is 0 Å². The lowest BCUT2D eigenvalue weighted by Crippen LogP contribution is -2.28. The van der Waals surface area contributed by atoms with Gasteiger partial charge in [-0.25, -0.2) is 4.68 Å². The Morgan fingerprint density at radius 3 is 2.71 bits per heavy atom. The highest BCUT2D eigenvalue weighted by Gasteiger charge is 2.16. The first-order valence-electron chi connectivity index (χ1n) is 8.72. The summed E-state index contributed by atoms with van der Waals surface area (Å²) in [5.41, 5.74) is 2.25. The number of ether oxygens (including phenoxy) is 1. The zero-order chi connectivity index (χ0) is 20.1. The van der Waals surface area contributed by atoms with Crippen LogP contribution >= 0.6 is 11.8 Å². The summed E-state index contributed by atoms with van der Waals surface area (Å²) in [6, 6.07) is 9.60. The molecule has 0 aliphatic carbocycles. The first-order valence-corrected chi connectivity index (χ1v) is 9.70. The molecule has 0 spiro atoms.